The number of alkyl halides is 3. The Kier molecular flexibility index (Phi) is 6.24. The maximum absolute atomic E-state index is 12.1. The van der Waals surface area contributed by atoms with Gasteiger partial charge in [0.15, 0.2) is 0 Å². The molecular weight excluding hydrogens is 269 g/mol. The molecule has 3 nitrogen and oxygen atoms in total. The van der Waals surface area contributed by atoms with Crippen molar-refractivity contribution >= 4 is 11.6 Å². The highest BCUT2D eigenvalue weighted by atomic mass is 19.4. The van der Waals surface area contributed by atoms with Crippen molar-refractivity contribution in [1.29, 1.82) is 0 Å². The van der Waals surface area contributed by atoms with Crippen molar-refractivity contribution in [3.63, 3.8) is 0 Å². The lowest BCUT2D eigenvalue weighted by Crippen LogP contribution is -2.29. The minimum absolute atomic E-state index is 0.139. The third kappa shape index (κ3) is 5.88. The Hall–Kier alpha value is -1.82. The Labute approximate surface area is 115 Å². The minimum atomic E-state index is -4.87. The number of hydrogen-bond donors (Lipinski definition) is 2. The quantitative estimate of drug-likeness (QED) is 0.622. The Bertz CT molecular complexity index is 470. The van der Waals surface area contributed by atoms with E-state index in [1.807, 2.05) is 24.4 Å². The van der Waals surface area contributed by atoms with Crippen molar-refractivity contribution < 1.29 is 18.0 Å². The highest BCUT2D eigenvalue weighted by Gasteiger charge is 2.38. The number of carbonyl (C=O) groups excluding carboxylic acids is 1. The molecule has 1 aromatic rings. The molecule has 0 atom stereocenters. The van der Waals surface area contributed by atoms with Crippen LogP contribution in [0.1, 0.15) is 18.9 Å². The molecule has 1 amide bonds. The van der Waals surface area contributed by atoms with E-state index >= 15 is 0 Å². The van der Waals surface area contributed by atoms with Gasteiger partial charge >= 0.3 is 12.1 Å². The zero-order chi connectivity index (χ0) is 15.0. The number of nitrogens with one attached hydrogen (secondary N) is 2. The third-order valence-electron chi connectivity index (χ3n) is 2.49. The van der Waals surface area contributed by atoms with E-state index in [-0.39, 0.29) is 5.69 Å². The van der Waals surface area contributed by atoms with Gasteiger partial charge in [-0.1, -0.05) is 24.3 Å². The molecule has 0 unspecified atom stereocenters. The Morgan fingerprint density at radius 1 is 1.35 bits per heavy atom. The van der Waals surface area contributed by atoms with Gasteiger partial charge in [-0.05, 0) is 37.6 Å². The Balaban J connectivity index is 2.51. The average Bonchev–Trinajstić information content (AvgIpc) is 2.38. The normalized spacial score (nSPS) is 11.8. The summed E-state index contributed by atoms with van der Waals surface area (Å²) >= 11 is 0. The van der Waals surface area contributed by atoms with E-state index in [1.165, 1.54) is 12.1 Å². The molecule has 2 N–H and O–H groups in total. The maximum Gasteiger partial charge on any atom is 0.471 e. The van der Waals surface area contributed by atoms with E-state index in [9.17, 15) is 18.0 Å². The van der Waals surface area contributed by atoms with Crippen molar-refractivity contribution in [3.8, 4) is 0 Å². The van der Waals surface area contributed by atoms with Crippen LogP contribution in [0.2, 0.25) is 0 Å². The summed E-state index contributed by atoms with van der Waals surface area (Å²) in [5, 5.41) is 4.99. The zero-order valence-corrected chi connectivity index (χ0v) is 11.1. The van der Waals surface area contributed by atoms with E-state index in [4.69, 9.17) is 0 Å². The van der Waals surface area contributed by atoms with Gasteiger partial charge in [-0.3, -0.25) is 4.79 Å². The van der Waals surface area contributed by atoms with Crippen LogP contribution in [0, 0.1) is 0 Å². The fourth-order valence-electron chi connectivity index (χ4n) is 1.55. The van der Waals surface area contributed by atoms with Crippen LogP contribution in [0.4, 0.5) is 18.9 Å². The first-order chi connectivity index (χ1) is 9.43. The Morgan fingerprint density at radius 2 is 2.10 bits per heavy atom. The number of allylic oxidation sites excluding steroid dienone is 1. The number of hydrogen-bond acceptors (Lipinski definition) is 2. The predicted molar refractivity (Wildman–Crippen MR) is 72.3 cm³/mol. The van der Waals surface area contributed by atoms with E-state index in [1.54, 1.807) is 12.1 Å². The standard InChI is InChI=1S/C14H17F3N2O/c1-2-3-4-8-18-10-11-6-5-7-12(9-11)19-13(20)14(15,16)17/h2-3,5-7,9,18H,4,8,10H2,1H3,(H,19,20)/b3-2+. The number of carbonyl (C=O) groups is 1. The molecule has 0 aliphatic carbocycles. The molecule has 20 heavy (non-hydrogen) atoms. The van der Waals surface area contributed by atoms with Crippen molar-refractivity contribution in [2.24, 2.45) is 0 Å². The number of benzene rings is 1. The second-order valence-electron chi connectivity index (χ2n) is 4.19. The molecule has 0 aliphatic rings. The molecular formula is C14H17F3N2O. The van der Waals surface area contributed by atoms with Crippen LogP contribution in [-0.4, -0.2) is 18.6 Å². The van der Waals surface area contributed by atoms with E-state index in [0.29, 0.717) is 6.54 Å². The lowest BCUT2D eigenvalue weighted by atomic mass is 10.2. The van der Waals surface area contributed by atoms with E-state index in [0.717, 1.165) is 18.5 Å². The number of amides is 1. The maximum atomic E-state index is 12.1. The molecule has 110 valence electrons. The molecule has 0 heterocycles. The first-order valence-corrected chi connectivity index (χ1v) is 6.22. The molecule has 1 aromatic carbocycles. The van der Waals surface area contributed by atoms with Crippen LogP contribution in [-0.2, 0) is 11.3 Å². The summed E-state index contributed by atoms with van der Waals surface area (Å²) in [7, 11) is 0. The van der Waals surface area contributed by atoms with Crippen molar-refractivity contribution in [2.45, 2.75) is 26.1 Å². The lowest BCUT2D eigenvalue weighted by molar-refractivity contribution is -0.167. The fraction of sp³-hybridized carbons (Fsp3) is 0.357. The van der Waals surface area contributed by atoms with Gasteiger partial charge < -0.3 is 10.6 Å². The van der Waals surface area contributed by atoms with Crippen LogP contribution in [0.15, 0.2) is 36.4 Å². The monoisotopic (exact) mass is 286 g/mol. The summed E-state index contributed by atoms with van der Waals surface area (Å²) < 4.78 is 36.4. The number of rotatable bonds is 6. The van der Waals surface area contributed by atoms with Gasteiger partial charge in [0.1, 0.15) is 0 Å². The van der Waals surface area contributed by atoms with Crippen LogP contribution in [0.3, 0.4) is 0 Å². The lowest BCUT2D eigenvalue weighted by Gasteiger charge is -2.09. The summed E-state index contributed by atoms with van der Waals surface area (Å²) in [5.41, 5.74) is 0.950. The van der Waals surface area contributed by atoms with Gasteiger partial charge in [-0.2, -0.15) is 13.2 Å². The molecule has 0 aliphatic heterocycles. The smallest absolute Gasteiger partial charge is 0.318 e. The first kappa shape index (κ1) is 16.2. The van der Waals surface area contributed by atoms with E-state index in [2.05, 4.69) is 5.32 Å². The summed E-state index contributed by atoms with van der Waals surface area (Å²) in [6, 6.07) is 6.33. The topological polar surface area (TPSA) is 41.1 Å². The number of halogens is 3. The van der Waals surface area contributed by atoms with Crippen molar-refractivity contribution in [3.05, 3.63) is 42.0 Å². The largest absolute Gasteiger partial charge is 0.471 e. The molecule has 0 saturated heterocycles. The Morgan fingerprint density at radius 3 is 2.75 bits per heavy atom. The summed E-state index contributed by atoms with van der Waals surface area (Å²) in [5.74, 6) is -1.96. The van der Waals surface area contributed by atoms with Crippen LogP contribution in [0.5, 0.6) is 0 Å². The zero-order valence-electron chi connectivity index (χ0n) is 11.1. The molecule has 0 bridgehead atoms. The van der Waals surface area contributed by atoms with Gasteiger partial charge in [-0.15, -0.1) is 0 Å². The fourth-order valence-corrected chi connectivity index (χ4v) is 1.55. The molecule has 0 saturated carbocycles. The second-order valence-corrected chi connectivity index (χ2v) is 4.19. The summed E-state index contributed by atoms with van der Waals surface area (Å²) in [6.07, 6.45) is -0.0102. The molecule has 1 rings (SSSR count). The summed E-state index contributed by atoms with van der Waals surface area (Å²) in [4.78, 5) is 10.8. The highest BCUT2D eigenvalue weighted by molar-refractivity contribution is 5.94. The van der Waals surface area contributed by atoms with Gasteiger partial charge in [0, 0.05) is 12.2 Å². The number of anilines is 1. The third-order valence-corrected chi connectivity index (χ3v) is 2.49. The minimum Gasteiger partial charge on any atom is -0.318 e. The second kappa shape index (κ2) is 7.69. The molecule has 0 aromatic heterocycles. The molecule has 6 heteroatoms. The SMILES string of the molecule is C/C=C/CCNCc1cccc(NC(=O)C(F)(F)F)c1. The molecule has 0 fully saturated rings. The molecule has 0 spiro atoms. The van der Waals surface area contributed by atoms with Crippen LogP contribution < -0.4 is 10.6 Å². The first-order valence-electron chi connectivity index (χ1n) is 6.22. The van der Waals surface area contributed by atoms with Gasteiger partial charge in [0.2, 0.25) is 0 Å². The van der Waals surface area contributed by atoms with Gasteiger partial charge in [0.05, 0.1) is 0 Å². The average molecular weight is 286 g/mol. The van der Waals surface area contributed by atoms with Crippen LogP contribution >= 0.6 is 0 Å². The van der Waals surface area contributed by atoms with E-state index < -0.39 is 12.1 Å². The van der Waals surface area contributed by atoms with Gasteiger partial charge in [0.25, 0.3) is 0 Å². The van der Waals surface area contributed by atoms with Crippen molar-refractivity contribution in [2.75, 3.05) is 11.9 Å². The molecule has 0 radical (unpaired) electrons. The summed E-state index contributed by atoms with van der Waals surface area (Å²) in [6.45, 7) is 3.25. The van der Waals surface area contributed by atoms with Gasteiger partial charge in [-0.25, -0.2) is 0 Å². The van der Waals surface area contributed by atoms with Crippen LogP contribution in [0.25, 0.3) is 0 Å². The highest BCUT2D eigenvalue weighted by Crippen LogP contribution is 2.18. The van der Waals surface area contributed by atoms with Crippen molar-refractivity contribution in [1.82, 2.24) is 5.32 Å². The predicted octanol–water partition coefficient (Wildman–Crippen LogP) is 3.24.